The third-order valence-corrected chi connectivity index (χ3v) is 5.64. The quantitative estimate of drug-likeness (QED) is 0.316. The predicted molar refractivity (Wildman–Crippen MR) is 127 cm³/mol. The molecule has 168 valence electrons. The van der Waals surface area contributed by atoms with Gasteiger partial charge in [-0.3, -0.25) is 4.79 Å². The first-order valence-corrected chi connectivity index (χ1v) is 10.9. The van der Waals surface area contributed by atoms with Crippen LogP contribution in [0.15, 0.2) is 70.8 Å². The Hall–Kier alpha value is -3.36. The van der Waals surface area contributed by atoms with Crippen molar-refractivity contribution in [2.45, 2.75) is 6.61 Å². The normalized spacial score (nSPS) is 14.5. The van der Waals surface area contributed by atoms with Crippen molar-refractivity contribution in [1.82, 2.24) is 5.32 Å². The fraction of sp³-hybridized carbons (Fsp3) is 0.0833. The maximum Gasteiger partial charge on any atom is 0.333 e. The fourth-order valence-electron chi connectivity index (χ4n) is 3.27. The third-order valence-electron chi connectivity index (χ3n) is 4.80. The number of hydrogen-bond acceptors (Lipinski definition) is 4. The molecule has 4 rings (SSSR count). The van der Waals surface area contributed by atoms with E-state index in [1.165, 1.54) is 19.2 Å². The minimum Gasteiger partial charge on any atom is -0.493 e. The summed E-state index contributed by atoms with van der Waals surface area (Å²) in [4.78, 5) is 26.3. The molecule has 3 aromatic rings. The van der Waals surface area contributed by atoms with E-state index in [1.54, 1.807) is 54.6 Å². The molecule has 1 saturated heterocycles. The molecule has 1 aliphatic rings. The monoisotopic (exact) mass is 530 g/mol. The fourth-order valence-corrected chi connectivity index (χ4v) is 3.97. The number of amides is 3. The standard InChI is InChI=1S/C24H17BrClFN2O4/c1-32-21-12-15(10-19(25)22(21)33-13-14-3-2-4-17(27)9-14)11-20-23(30)29(24(31)28-20)18-7-5-16(26)6-8-18/h2-12H,13H2,1H3,(H,28,31)/b20-11+. The van der Waals surface area contributed by atoms with Crippen molar-refractivity contribution in [2.75, 3.05) is 12.0 Å². The molecule has 1 N–H and O–H groups in total. The maximum atomic E-state index is 13.4. The van der Waals surface area contributed by atoms with Crippen molar-refractivity contribution >= 4 is 51.2 Å². The summed E-state index contributed by atoms with van der Waals surface area (Å²) in [5.74, 6) is -0.0173. The first kappa shape index (κ1) is 22.8. The van der Waals surface area contributed by atoms with Crippen molar-refractivity contribution in [3.63, 3.8) is 0 Å². The van der Waals surface area contributed by atoms with Gasteiger partial charge in [0.05, 0.1) is 17.3 Å². The van der Waals surface area contributed by atoms with Gasteiger partial charge in [-0.15, -0.1) is 0 Å². The zero-order valence-corrected chi connectivity index (χ0v) is 19.6. The van der Waals surface area contributed by atoms with Crippen molar-refractivity contribution in [3.8, 4) is 11.5 Å². The second-order valence-electron chi connectivity index (χ2n) is 7.06. The van der Waals surface area contributed by atoms with Crippen LogP contribution in [0, 0.1) is 5.82 Å². The number of carbonyl (C=O) groups is 2. The van der Waals surface area contributed by atoms with Gasteiger partial charge >= 0.3 is 6.03 Å². The molecule has 0 radical (unpaired) electrons. The van der Waals surface area contributed by atoms with Gasteiger partial charge in [0.1, 0.15) is 18.1 Å². The number of anilines is 1. The Labute approximate surface area is 202 Å². The van der Waals surface area contributed by atoms with Gasteiger partial charge in [-0.2, -0.15) is 0 Å². The van der Waals surface area contributed by atoms with Crippen LogP contribution in [0.2, 0.25) is 5.02 Å². The molecule has 0 atom stereocenters. The highest BCUT2D eigenvalue weighted by atomic mass is 79.9. The number of imide groups is 1. The number of carbonyl (C=O) groups excluding carboxylic acids is 2. The van der Waals surface area contributed by atoms with E-state index >= 15 is 0 Å². The van der Waals surface area contributed by atoms with E-state index in [4.69, 9.17) is 21.1 Å². The summed E-state index contributed by atoms with van der Waals surface area (Å²) in [5.41, 5.74) is 1.78. The number of urea groups is 1. The topological polar surface area (TPSA) is 67.9 Å². The summed E-state index contributed by atoms with van der Waals surface area (Å²) in [7, 11) is 1.48. The Bertz CT molecular complexity index is 1260. The molecule has 33 heavy (non-hydrogen) atoms. The van der Waals surface area contributed by atoms with Gasteiger partial charge in [0, 0.05) is 5.02 Å². The number of nitrogens with one attached hydrogen (secondary N) is 1. The number of ether oxygens (including phenoxy) is 2. The number of benzene rings is 3. The lowest BCUT2D eigenvalue weighted by atomic mass is 10.1. The van der Waals surface area contributed by atoms with Gasteiger partial charge in [0.25, 0.3) is 5.91 Å². The largest absolute Gasteiger partial charge is 0.493 e. The molecule has 1 heterocycles. The van der Waals surface area contributed by atoms with E-state index in [2.05, 4.69) is 21.2 Å². The zero-order valence-electron chi connectivity index (χ0n) is 17.3. The highest BCUT2D eigenvalue weighted by Gasteiger charge is 2.34. The lowest BCUT2D eigenvalue weighted by molar-refractivity contribution is -0.113. The van der Waals surface area contributed by atoms with E-state index in [9.17, 15) is 14.0 Å². The van der Waals surface area contributed by atoms with Crippen molar-refractivity contribution in [2.24, 2.45) is 0 Å². The summed E-state index contributed by atoms with van der Waals surface area (Å²) in [6.45, 7) is 0.137. The average molecular weight is 532 g/mol. The van der Waals surface area contributed by atoms with E-state index in [0.717, 1.165) is 4.90 Å². The molecule has 1 aliphatic heterocycles. The minimum atomic E-state index is -0.561. The Morgan fingerprint density at radius 2 is 1.88 bits per heavy atom. The van der Waals surface area contributed by atoms with Gasteiger partial charge in [-0.05, 0) is 81.7 Å². The predicted octanol–water partition coefficient (Wildman–Crippen LogP) is 5.93. The van der Waals surface area contributed by atoms with Crippen LogP contribution < -0.4 is 19.7 Å². The van der Waals surface area contributed by atoms with Gasteiger partial charge in [-0.25, -0.2) is 14.1 Å². The molecule has 3 aromatic carbocycles. The maximum absolute atomic E-state index is 13.4. The lowest BCUT2D eigenvalue weighted by Gasteiger charge is -2.14. The summed E-state index contributed by atoms with van der Waals surface area (Å²) in [6, 6.07) is 15.3. The molecule has 0 aromatic heterocycles. The van der Waals surface area contributed by atoms with Crippen LogP contribution in [0.3, 0.4) is 0 Å². The molecule has 9 heteroatoms. The summed E-state index contributed by atoms with van der Waals surface area (Å²) in [5, 5.41) is 3.08. The molecule has 0 spiro atoms. The van der Waals surface area contributed by atoms with Crippen molar-refractivity contribution < 1.29 is 23.5 Å². The minimum absolute atomic E-state index is 0.109. The van der Waals surface area contributed by atoms with Crippen LogP contribution in [-0.2, 0) is 11.4 Å². The second kappa shape index (κ2) is 9.64. The first-order valence-electron chi connectivity index (χ1n) is 9.73. The molecule has 3 amide bonds. The Morgan fingerprint density at radius 1 is 1.12 bits per heavy atom. The van der Waals surface area contributed by atoms with E-state index in [0.29, 0.717) is 37.8 Å². The van der Waals surface area contributed by atoms with Gasteiger partial charge < -0.3 is 14.8 Å². The third kappa shape index (κ3) is 5.02. The van der Waals surface area contributed by atoms with Crippen LogP contribution in [0.1, 0.15) is 11.1 Å². The van der Waals surface area contributed by atoms with Crippen LogP contribution in [0.4, 0.5) is 14.9 Å². The first-order chi connectivity index (χ1) is 15.9. The summed E-state index contributed by atoms with van der Waals surface area (Å²) >= 11 is 9.34. The molecule has 6 nitrogen and oxygen atoms in total. The van der Waals surface area contributed by atoms with E-state index in [-0.39, 0.29) is 18.1 Å². The average Bonchev–Trinajstić information content (AvgIpc) is 3.06. The Balaban J connectivity index is 1.58. The molecule has 0 aliphatic carbocycles. The highest BCUT2D eigenvalue weighted by Crippen LogP contribution is 2.38. The van der Waals surface area contributed by atoms with Gasteiger partial charge in [-0.1, -0.05) is 23.7 Å². The Kier molecular flexibility index (Phi) is 6.67. The van der Waals surface area contributed by atoms with Crippen LogP contribution in [0.5, 0.6) is 11.5 Å². The van der Waals surface area contributed by atoms with Gasteiger partial charge in [0.2, 0.25) is 0 Å². The molecule has 0 saturated carbocycles. The van der Waals surface area contributed by atoms with Crippen LogP contribution in [0.25, 0.3) is 6.08 Å². The molecular formula is C24H17BrClFN2O4. The molecule has 0 bridgehead atoms. The summed E-state index contributed by atoms with van der Waals surface area (Å²) in [6.07, 6.45) is 1.54. The summed E-state index contributed by atoms with van der Waals surface area (Å²) < 4.78 is 25.3. The number of halogens is 3. The number of hydrogen-bond donors (Lipinski definition) is 1. The molecule has 1 fully saturated rings. The Morgan fingerprint density at radius 3 is 2.58 bits per heavy atom. The van der Waals surface area contributed by atoms with E-state index < -0.39 is 11.9 Å². The van der Waals surface area contributed by atoms with Crippen molar-refractivity contribution in [1.29, 1.82) is 0 Å². The molecular weight excluding hydrogens is 515 g/mol. The number of methoxy groups -OCH3 is 1. The smallest absolute Gasteiger partial charge is 0.333 e. The van der Waals surface area contributed by atoms with Crippen molar-refractivity contribution in [3.05, 3.63) is 92.8 Å². The van der Waals surface area contributed by atoms with E-state index in [1.807, 2.05) is 0 Å². The second-order valence-corrected chi connectivity index (χ2v) is 8.35. The van der Waals surface area contributed by atoms with Gasteiger partial charge in [0.15, 0.2) is 11.5 Å². The number of nitrogens with zero attached hydrogens (tertiary/aromatic N) is 1. The number of rotatable bonds is 6. The lowest BCUT2D eigenvalue weighted by Crippen LogP contribution is -2.30. The molecule has 0 unspecified atom stereocenters. The SMILES string of the molecule is COc1cc(/C=C2/NC(=O)N(c3ccc(Cl)cc3)C2=O)cc(Br)c1OCc1cccc(F)c1. The van der Waals surface area contributed by atoms with Crippen LogP contribution >= 0.6 is 27.5 Å². The zero-order chi connectivity index (χ0) is 23.5. The van der Waals surface area contributed by atoms with Crippen LogP contribution in [-0.4, -0.2) is 19.0 Å². The highest BCUT2D eigenvalue weighted by molar-refractivity contribution is 9.10.